The van der Waals surface area contributed by atoms with E-state index in [9.17, 15) is 4.79 Å². The minimum Gasteiger partial charge on any atom is -0.324 e. The number of hydrogen-bond donors (Lipinski definition) is 1. The zero-order chi connectivity index (χ0) is 19.6. The van der Waals surface area contributed by atoms with Crippen molar-refractivity contribution in [2.75, 3.05) is 10.2 Å². The fourth-order valence-electron chi connectivity index (χ4n) is 3.59. The van der Waals surface area contributed by atoms with Gasteiger partial charge in [0, 0.05) is 28.7 Å². The van der Waals surface area contributed by atoms with Gasteiger partial charge in [-0.05, 0) is 30.3 Å². The summed E-state index contributed by atoms with van der Waals surface area (Å²) < 4.78 is 0. The van der Waals surface area contributed by atoms with E-state index < -0.39 is 0 Å². The van der Waals surface area contributed by atoms with Crippen molar-refractivity contribution in [1.82, 2.24) is 9.97 Å². The average molecular weight is 378 g/mol. The molecule has 1 aromatic heterocycles. The van der Waals surface area contributed by atoms with Gasteiger partial charge in [0.2, 0.25) is 11.9 Å². The van der Waals surface area contributed by atoms with Crippen LogP contribution in [-0.2, 0) is 11.2 Å². The van der Waals surface area contributed by atoms with Crippen LogP contribution in [0.1, 0.15) is 5.56 Å². The van der Waals surface area contributed by atoms with Gasteiger partial charge in [-0.25, -0.2) is 9.97 Å². The maximum absolute atomic E-state index is 13.2. The zero-order valence-corrected chi connectivity index (χ0v) is 15.6. The van der Waals surface area contributed by atoms with E-state index in [1.54, 1.807) is 11.1 Å². The number of carbonyl (C=O) groups is 1. The molecule has 5 rings (SSSR count). The van der Waals surface area contributed by atoms with E-state index in [1.807, 2.05) is 84.9 Å². The number of rotatable bonds is 3. The lowest BCUT2D eigenvalue weighted by Crippen LogP contribution is -2.26. The van der Waals surface area contributed by atoms with Crippen molar-refractivity contribution in [1.29, 1.82) is 0 Å². The van der Waals surface area contributed by atoms with Crippen LogP contribution in [0.15, 0.2) is 91.1 Å². The molecule has 140 valence electrons. The second-order valence-corrected chi connectivity index (χ2v) is 6.82. The Morgan fingerprint density at radius 3 is 2.31 bits per heavy atom. The Labute approximate surface area is 168 Å². The SMILES string of the molecule is O=C1Cc2cnc(Nc3ccccc3)nc2-c2ccccc2N1c1ccccc1. The topological polar surface area (TPSA) is 58.1 Å². The van der Waals surface area contributed by atoms with Crippen LogP contribution < -0.4 is 10.2 Å². The van der Waals surface area contributed by atoms with Crippen molar-refractivity contribution in [3.05, 3.63) is 96.7 Å². The Bertz CT molecular complexity index is 1180. The molecule has 2 heterocycles. The van der Waals surface area contributed by atoms with E-state index in [1.165, 1.54) is 0 Å². The first-order chi connectivity index (χ1) is 14.3. The Hall–Kier alpha value is -3.99. The first-order valence-electron chi connectivity index (χ1n) is 9.45. The van der Waals surface area contributed by atoms with Crippen LogP contribution >= 0.6 is 0 Å². The maximum Gasteiger partial charge on any atom is 0.236 e. The number of nitrogens with zero attached hydrogens (tertiary/aromatic N) is 3. The van der Waals surface area contributed by atoms with Gasteiger partial charge >= 0.3 is 0 Å². The van der Waals surface area contributed by atoms with Crippen molar-refractivity contribution in [3.8, 4) is 11.3 Å². The van der Waals surface area contributed by atoms with E-state index in [2.05, 4.69) is 10.3 Å². The summed E-state index contributed by atoms with van der Waals surface area (Å²) in [4.78, 5) is 24.1. The van der Waals surface area contributed by atoms with Gasteiger partial charge in [0.05, 0.1) is 17.8 Å². The number of fused-ring (bicyclic) bond motifs is 3. The molecule has 0 fully saturated rings. The molecule has 3 aromatic carbocycles. The zero-order valence-electron chi connectivity index (χ0n) is 15.6. The molecule has 0 atom stereocenters. The number of carbonyl (C=O) groups excluding carboxylic acids is 1. The largest absolute Gasteiger partial charge is 0.324 e. The normalized spacial score (nSPS) is 12.7. The van der Waals surface area contributed by atoms with E-state index in [-0.39, 0.29) is 12.3 Å². The Morgan fingerprint density at radius 2 is 1.52 bits per heavy atom. The molecule has 1 amide bonds. The van der Waals surface area contributed by atoms with Crippen molar-refractivity contribution >= 4 is 28.9 Å². The molecule has 5 heteroatoms. The summed E-state index contributed by atoms with van der Waals surface area (Å²) >= 11 is 0. The number of anilines is 4. The smallest absolute Gasteiger partial charge is 0.236 e. The molecule has 1 aliphatic heterocycles. The summed E-state index contributed by atoms with van der Waals surface area (Å²) in [5.74, 6) is 0.500. The van der Waals surface area contributed by atoms with Gasteiger partial charge in [-0.15, -0.1) is 0 Å². The molecule has 1 N–H and O–H groups in total. The first kappa shape index (κ1) is 17.1. The van der Waals surface area contributed by atoms with Gasteiger partial charge in [0.25, 0.3) is 0 Å². The minimum atomic E-state index is -0.00484. The van der Waals surface area contributed by atoms with Crippen molar-refractivity contribution in [2.45, 2.75) is 6.42 Å². The molecule has 0 radical (unpaired) electrons. The summed E-state index contributed by atoms with van der Waals surface area (Å²) in [5.41, 5.74) is 5.09. The molecule has 0 unspecified atom stereocenters. The number of amides is 1. The molecule has 0 spiro atoms. The summed E-state index contributed by atoms with van der Waals surface area (Å²) in [7, 11) is 0. The standard InChI is InChI=1S/C24H18N4O/c29-22-15-17-16-25-24(26-18-9-3-1-4-10-18)27-23(17)20-13-7-8-14-21(20)28(22)19-11-5-2-6-12-19/h1-14,16H,15H2,(H,25,26,27). The number of para-hydroxylation sites is 3. The number of hydrogen-bond acceptors (Lipinski definition) is 4. The molecule has 0 aliphatic carbocycles. The molecule has 0 bridgehead atoms. The summed E-state index contributed by atoms with van der Waals surface area (Å²) in [6.07, 6.45) is 1.99. The fourth-order valence-corrected chi connectivity index (χ4v) is 3.59. The lowest BCUT2D eigenvalue weighted by Gasteiger charge is -2.23. The van der Waals surface area contributed by atoms with E-state index in [0.29, 0.717) is 5.95 Å². The van der Waals surface area contributed by atoms with Crippen molar-refractivity contribution in [2.24, 2.45) is 0 Å². The van der Waals surface area contributed by atoms with E-state index >= 15 is 0 Å². The predicted molar refractivity (Wildman–Crippen MR) is 114 cm³/mol. The third kappa shape index (κ3) is 3.23. The second-order valence-electron chi connectivity index (χ2n) is 6.82. The van der Waals surface area contributed by atoms with Crippen molar-refractivity contribution in [3.63, 3.8) is 0 Å². The van der Waals surface area contributed by atoms with Crippen LogP contribution in [0.5, 0.6) is 0 Å². The van der Waals surface area contributed by atoms with Crippen LogP contribution in [0.25, 0.3) is 11.3 Å². The molecule has 0 saturated carbocycles. The van der Waals surface area contributed by atoms with Crippen LogP contribution in [0.4, 0.5) is 23.0 Å². The third-order valence-electron chi connectivity index (χ3n) is 4.90. The van der Waals surface area contributed by atoms with E-state index in [4.69, 9.17) is 4.98 Å². The van der Waals surface area contributed by atoms with Gasteiger partial charge in [0.15, 0.2) is 0 Å². The predicted octanol–water partition coefficient (Wildman–Crippen LogP) is 5.11. The summed E-state index contributed by atoms with van der Waals surface area (Å²) in [6, 6.07) is 27.4. The molecule has 4 aromatic rings. The third-order valence-corrected chi connectivity index (χ3v) is 4.90. The minimum absolute atomic E-state index is 0.00484. The lowest BCUT2D eigenvalue weighted by atomic mass is 10.1. The van der Waals surface area contributed by atoms with Crippen LogP contribution in [-0.4, -0.2) is 15.9 Å². The van der Waals surface area contributed by atoms with Crippen LogP contribution in [0, 0.1) is 0 Å². The average Bonchev–Trinajstić information content (AvgIpc) is 2.89. The Morgan fingerprint density at radius 1 is 0.828 bits per heavy atom. The van der Waals surface area contributed by atoms with E-state index in [0.717, 1.165) is 33.9 Å². The van der Waals surface area contributed by atoms with Gasteiger partial charge in [0.1, 0.15) is 0 Å². The molecule has 1 aliphatic rings. The molecule has 5 nitrogen and oxygen atoms in total. The molecular weight excluding hydrogens is 360 g/mol. The Kier molecular flexibility index (Phi) is 4.26. The summed E-state index contributed by atoms with van der Waals surface area (Å²) in [6.45, 7) is 0. The highest BCUT2D eigenvalue weighted by molar-refractivity contribution is 6.07. The lowest BCUT2D eigenvalue weighted by molar-refractivity contribution is -0.117. The van der Waals surface area contributed by atoms with Gasteiger partial charge in [-0.1, -0.05) is 54.6 Å². The summed E-state index contributed by atoms with van der Waals surface area (Å²) in [5, 5.41) is 3.24. The van der Waals surface area contributed by atoms with Crippen LogP contribution in [0.2, 0.25) is 0 Å². The first-order valence-corrected chi connectivity index (χ1v) is 9.45. The highest BCUT2D eigenvalue weighted by Gasteiger charge is 2.28. The second kappa shape index (κ2) is 7.20. The van der Waals surface area contributed by atoms with Crippen LogP contribution in [0.3, 0.4) is 0 Å². The highest BCUT2D eigenvalue weighted by atomic mass is 16.2. The molecule has 0 saturated heterocycles. The van der Waals surface area contributed by atoms with Gasteiger partial charge in [-0.3, -0.25) is 9.69 Å². The fraction of sp³-hybridized carbons (Fsp3) is 0.0417. The monoisotopic (exact) mass is 378 g/mol. The Balaban J connectivity index is 1.63. The van der Waals surface area contributed by atoms with Gasteiger partial charge < -0.3 is 5.32 Å². The molecule has 29 heavy (non-hydrogen) atoms. The highest BCUT2D eigenvalue weighted by Crippen LogP contribution is 2.39. The number of nitrogens with one attached hydrogen (secondary N) is 1. The maximum atomic E-state index is 13.2. The molecular formula is C24H18N4O. The van der Waals surface area contributed by atoms with Gasteiger partial charge in [-0.2, -0.15) is 0 Å². The number of benzene rings is 3. The van der Waals surface area contributed by atoms with Crippen molar-refractivity contribution < 1.29 is 4.79 Å². The number of aromatic nitrogens is 2. The quantitative estimate of drug-likeness (QED) is 0.538.